The minimum atomic E-state index is -0.0249. The van der Waals surface area contributed by atoms with Crippen LogP contribution in [0.2, 0.25) is 0 Å². The SMILES string of the molecule is Cc1cc(C(=O)COc2ccc3c(c2)OCO3)c(C)n1CCc1cccs1. The molecule has 3 aromatic rings. The van der Waals surface area contributed by atoms with Gasteiger partial charge in [-0.05, 0) is 49.9 Å². The van der Waals surface area contributed by atoms with Crippen molar-refractivity contribution in [3.8, 4) is 17.2 Å². The van der Waals surface area contributed by atoms with E-state index in [0.717, 1.165) is 29.9 Å². The molecule has 1 aliphatic heterocycles. The summed E-state index contributed by atoms with van der Waals surface area (Å²) in [4.78, 5) is 14.0. The number of carbonyl (C=O) groups is 1. The van der Waals surface area contributed by atoms with Crippen LogP contribution in [0.1, 0.15) is 26.6 Å². The molecule has 3 heterocycles. The molecule has 0 N–H and O–H groups in total. The van der Waals surface area contributed by atoms with Crippen molar-refractivity contribution in [2.45, 2.75) is 26.8 Å². The summed E-state index contributed by atoms with van der Waals surface area (Å²) in [5, 5.41) is 2.09. The quantitative estimate of drug-likeness (QED) is 0.568. The number of thiophene rings is 1. The first-order chi connectivity index (χ1) is 13.1. The molecule has 27 heavy (non-hydrogen) atoms. The number of fused-ring (bicyclic) bond motifs is 1. The Balaban J connectivity index is 1.42. The highest BCUT2D eigenvalue weighted by atomic mass is 32.1. The van der Waals surface area contributed by atoms with Gasteiger partial charge < -0.3 is 18.8 Å². The second-order valence-electron chi connectivity index (χ2n) is 6.49. The fourth-order valence-electron chi connectivity index (χ4n) is 3.30. The average molecular weight is 383 g/mol. The van der Waals surface area contributed by atoms with E-state index < -0.39 is 0 Å². The molecule has 4 rings (SSSR count). The summed E-state index contributed by atoms with van der Waals surface area (Å²) in [5.74, 6) is 1.91. The van der Waals surface area contributed by atoms with Gasteiger partial charge in [0.05, 0.1) is 0 Å². The van der Waals surface area contributed by atoms with Gasteiger partial charge in [0.15, 0.2) is 18.1 Å². The maximum absolute atomic E-state index is 12.7. The highest BCUT2D eigenvalue weighted by Gasteiger charge is 2.18. The van der Waals surface area contributed by atoms with E-state index >= 15 is 0 Å². The summed E-state index contributed by atoms with van der Waals surface area (Å²) < 4.78 is 18.5. The van der Waals surface area contributed by atoms with Gasteiger partial charge >= 0.3 is 0 Å². The third-order valence-electron chi connectivity index (χ3n) is 4.75. The summed E-state index contributed by atoms with van der Waals surface area (Å²) in [6.45, 7) is 5.12. The number of nitrogens with zero attached hydrogens (tertiary/aromatic N) is 1. The molecule has 0 bridgehead atoms. The number of aryl methyl sites for hydroxylation is 2. The third-order valence-corrected chi connectivity index (χ3v) is 5.69. The first-order valence-electron chi connectivity index (χ1n) is 8.86. The van der Waals surface area contributed by atoms with Gasteiger partial charge in [-0.3, -0.25) is 4.79 Å². The van der Waals surface area contributed by atoms with Crippen LogP contribution in [0.3, 0.4) is 0 Å². The normalized spacial score (nSPS) is 12.4. The summed E-state index contributed by atoms with van der Waals surface area (Å²) >= 11 is 1.76. The molecule has 6 heteroatoms. The first-order valence-corrected chi connectivity index (χ1v) is 9.74. The van der Waals surface area contributed by atoms with Crippen LogP contribution in [-0.2, 0) is 13.0 Å². The zero-order valence-electron chi connectivity index (χ0n) is 15.4. The summed E-state index contributed by atoms with van der Waals surface area (Å²) in [7, 11) is 0. The topological polar surface area (TPSA) is 49.7 Å². The predicted octanol–water partition coefficient (Wildman–Crippen LogP) is 4.40. The van der Waals surface area contributed by atoms with Crippen LogP contribution in [-0.4, -0.2) is 23.8 Å². The molecule has 1 aliphatic rings. The van der Waals surface area contributed by atoms with E-state index in [-0.39, 0.29) is 19.2 Å². The number of hydrogen-bond donors (Lipinski definition) is 0. The molecule has 2 aromatic heterocycles. The van der Waals surface area contributed by atoms with E-state index in [2.05, 4.69) is 22.1 Å². The molecule has 140 valence electrons. The lowest BCUT2D eigenvalue weighted by atomic mass is 10.1. The second-order valence-corrected chi connectivity index (χ2v) is 7.52. The summed E-state index contributed by atoms with van der Waals surface area (Å²) in [6, 6.07) is 11.5. The fourth-order valence-corrected chi connectivity index (χ4v) is 4.00. The van der Waals surface area contributed by atoms with Crippen LogP contribution in [0.4, 0.5) is 0 Å². The summed E-state index contributed by atoms with van der Waals surface area (Å²) in [5.41, 5.74) is 2.80. The van der Waals surface area contributed by atoms with E-state index in [1.807, 2.05) is 19.9 Å². The van der Waals surface area contributed by atoms with Gasteiger partial charge in [0.25, 0.3) is 0 Å². The van der Waals surface area contributed by atoms with Crippen LogP contribution < -0.4 is 14.2 Å². The lowest BCUT2D eigenvalue weighted by molar-refractivity contribution is 0.0920. The lowest BCUT2D eigenvalue weighted by Gasteiger charge is -2.09. The largest absolute Gasteiger partial charge is 0.485 e. The molecule has 5 nitrogen and oxygen atoms in total. The highest BCUT2D eigenvalue weighted by molar-refractivity contribution is 7.09. The molecule has 0 atom stereocenters. The highest BCUT2D eigenvalue weighted by Crippen LogP contribution is 2.35. The standard InChI is InChI=1S/C21H21NO4S/c1-14-10-18(15(2)22(14)8-7-17-4-3-9-27-17)19(23)12-24-16-5-6-20-21(11-16)26-13-25-20/h3-6,9-11H,7-8,12-13H2,1-2H3. The zero-order chi connectivity index (χ0) is 18.8. The van der Waals surface area contributed by atoms with Crippen molar-refractivity contribution in [2.24, 2.45) is 0 Å². The Morgan fingerprint density at radius 2 is 2.04 bits per heavy atom. The van der Waals surface area contributed by atoms with E-state index in [4.69, 9.17) is 14.2 Å². The molecular weight excluding hydrogens is 362 g/mol. The van der Waals surface area contributed by atoms with Gasteiger partial charge in [0.2, 0.25) is 12.6 Å². The van der Waals surface area contributed by atoms with Crippen LogP contribution >= 0.6 is 11.3 Å². The summed E-state index contributed by atoms with van der Waals surface area (Å²) in [6.07, 6.45) is 0.968. The predicted molar refractivity (Wildman–Crippen MR) is 104 cm³/mol. The van der Waals surface area contributed by atoms with Crippen molar-refractivity contribution >= 4 is 17.1 Å². The van der Waals surface area contributed by atoms with Gasteiger partial charge in [-0.2, -0.15) is 0 Å². The van der Waals surface area contributed by atoms with E-state index in [9.17, 15) is 4.79 Å². The molecule has 0 unspecified atom stereocenters. The minimum Gasteiger partial charge on any atom is -0.485 e. The maximum atomic E-state index is 12.7. The van der Waals surface area contributed by atoms with Gasteiger partial charge in [0, 0.05) is 34.4 Å². The molecule has 1 aromatic carbocycles. The Kier molecular flexibility index (Phi) is 4.90. The van der Waals surface area contributed by atoms with E-state index in [1.54, 1.807) is 29.5 Å². The van der Waals surface area contributed by atoms with Crippen molar-refractivity contribution in [1.29, 1.82) is 0 Å². The number of Topliss-reactive ketones (excluding diaryl/α,β-unsaturated/α-hetero) is 1. The molecular formula is C21H21NO4S. The van der Waals surface area contributed by atoms with Crippen LogP contribution in [0.5, 0.6) is 17.2 Å². The van der Waals surface area contributed by atoms with Crippen molar-refractivity contribution in [2.75, 3.05) is 13.4 Å². The monoisotopic (exact) mass is 383 g/mol. The van der Waals surface area contributed by atoms with Crippen molar-refractivity contribution in [1.82, 2.24) is 4.57 Å². The van der Waals surface area contributed by atoms with Gasteiger partial charge in [-0.15, -0.1) is 11.3 Å². The molecule has 0 amide bonds. The van der Waals surface area contributed by atoms with E-state index in [1.165, 1.54) is 4.88 Å². The molecule has 0 aliphatic carbocycles. The number of ketones is 1. The Hall–Kier alpha value is -2.73. The smallest absolute Gasteiger partial charge is 0.231 e. The van der Waals surface area contributed by atoms with Crippen LogP contribution in [0, 0.1) is 13.8 Å². The van der Waals surface area contributed by atoms with Gasteiger partial charge in [-0.1, -0.05) is 6.07 Å². The molecule has 0 spiro atoms. The molecule has 0 radical (unpaired) electrons. The van der Waals surface area contributed by atoms with Crippen molar-refractivity contribution in [3.63, 3.8) is 0 Å². The average Bonchev–Trinajstić information content (AvgIpc) is 3.39. The molecule has 0 saturated heterocycles. The van der Waals surface area contributed by atoms with Crippen LogP contribution in [0.25, 0.3) is 0 Å². The second kappa shape index (κ2) is 7.48. The van der Waals surface area contributed by atoms with Crippen molar-refractivity contribution < 1.29 is 19.0 Å². The Bertz CT molecular complexity index is 959. The zero-order valence-corrected chi connectivity index (χ0v) is 16.2. The number of hydrogen-bond acceptors (Lipinski definition) is 5. The number of carbonyl (C=O) groups excluding carboxylic acids is 1. The minimum absolute atomic E-state index is 0.00510. The molecule has 0 saturated carbocycles. The molecule has 0 fully saturated rings. The number of ether oxygens (including phenoxy) is 3. The number of rotatable bonds is 7. The number of aromatic nitrogens is 1. The lowest BCUT2D eigenvalue weighted by Crippen LogP contribution is -2.13. The third kappa shape index (κ3) is 3.71. The Morgan fingerprint density at radius 1 is 1.19 bits per heavy atom. The fraction of sp³-hybridized carbons (Fsp3) is 0.286. The first kappa shape index (κ1) is 17.7. The van der Waals surface area contributed by atoms with Crippen LogP contribution in [0.15, 0.2) is 41.8 Å². The maximum Gasteiger partial charge on any atom is 0.231 e. The van der Waals surface area contributed by atoms with E-state index in [0.29, 0.717) is 17.2 Å². The van der Waals surface area contributed by atoms with Gasteiger partial charge in [-0.25, -0.2) is 0 Å². The Morgan fingerprint density at radius 3 is 2.85 bits per heavy atom. The number of benzene rings is 1. The van der Waals surface area contributed by atoms with Gasteiger partial charge in [0.1, 0.15) is 5.75 Å². The Labute approximate surface area is 162 Å². The van der Waals surface area contributed by atoms with Crippen molar-refractivity contribution in [3.05, 3.63) is 63.6 Å².